The largest absolute Gasteiger partial charge is 0.398 e. The Kier molecular flexibility index (Phi) is 5.09. The number of amides is 1. The van der Waals surface area contributed by atoms with Gasteiger partial charge in [0.2, 0.25) is 0 Å². The van der Waals surface area contributed by atoms with E-state index in [1.165, 1.54) is 23.2 Å². The first kappa shape index (κ1) is 21.4. The molecule has 31 heavy (non-hydrogen) atoms. The molecule has 1 spiro atoms. The number of carbonyl (C=O) groups excluding carboxylic acids is 1. The molecule has 3 N–H and O–H groups in total. The van der Waals surface area contributed by atoms with Crippen LogP contribution < -0.4 is 11.1 Å². The summed E-state index contributed by atoms with van der Waals surface area (Å²) in [6, 6.07) is 5.56. The summed E-state index contributed by atoms with van der Waals surface area (Å²) in [5.74, 6) is -0.550. The summed E-state index contributed by atoms with van der Waals surface area (Å²) in [4.78, 5) is 18.3. The molecule has 0 unspecified atom stereocenters. The highest BCUT2D eigenvalue weighted by Crippen LogP contribution is 2.58. The molecule has 6 nitrogen and oxygen atoms in total. The number of hydrogen-bond donors (Lipinski definition) is 2. The lowest BCUT2D eigenvalue weighted by Gasteiger charge is -2.27. The van der Waals surface area contributed by atoms with Crippen molar-refractivity contribution in [1.82, 2.24) is 9.88 Å². The van der Waals surface area contributed by atoms with Crippen LogP contribution >= 0.6 is 11.6 Å². The first-order valence-electron chi connectivity index (χ1n) is 10.3. The number of nitrogens with two attached hydrogens (primary N) is 1. The highest BCUT2D eigenvalue weighted by Gasteiger charge is 2.53. The fourth-order valence-corrected chi connectivity index (χ4v) is 5.46. The lowest BCUT2D eigenvalue weighted by Crippen LogP contribution is -2.27. The Hall–Kier alpha value is -2.85. The maximum absolute atomic E-state index is 15.5. The number of nitrogens with zero attached hydrogens (tertiary/aromatic N) is 3. The molecular formula is C23H25ClFN5O. The summed E-state index contributed by atoms with van der Waals surface area (Å²) >= 11 is 6.89. The van der Waals surface area contributed by atoms with Gasteiger partial charge in [-0.25, -0.2) is 9.37 Å². The molecule has 1 aliphatic carbocycles. The number of aromatic nitrogens is 1. The van der Waals surface area contributed by atoms with Gasteiger partial charge in [-0.1, -0.05) is 18.5 Å². The van der Waals surface area contributed by atoms with Crippen LogP contribution in [0.1, 0.15) is 48.5 Å². The molecule has 2 aliphatic rings. The summed E-state index contributed by atoms with van der Waals surface area (Å²) in [6.45, 7) is 2.69. The molecule has 0 radical (unpaired) electrons. The van der Waals surface area contributed by atoms with Gasteiger partial charge >= 0.3 is 0 Å². The van der Waals surface area contributed by atoms with Gasteiger partial charge in [-0.15, -0.1) is 0 Å². The van der Waals surface area contributed by atoms with Crippen LogP contribution in [-0.4, -0.2) is 36.4 Å². The van der Waals surface area contributed by atoms with Crippen LogP contribution in [-0.2, 0) is 5.41 Å². The zero-order valence-corrected chi connectivity index (χ0v) is 18.6. The fraction of sp³-hybridized carbons (Fsp3) is 0.435. The SMILES string of the molecule is CC[C@@]1(C#N)CC[C@@]2(CNc3ncc(-c4ccc(N)c(C(=O)N(C)C)c4F)c(Cl)c32)C1. The number of benzene rings is 1. The van der Waals surface area contributed by atoms with Gasteiger partial charge in [0.1, 0.15) is 11.6 Å². The van der Waals surface area contributed by atoms with Crippen LogP contribution in [0.3, 0.4) is 0 Å². The maximum Gasteiger partial charge on any atom is 0.258 e. The number of rotatable bonds is 3. The average Bonchev–Trinajstić information content (AvgIpc) is 3.31. The van der Waals surface area contributed by atoms with E-state index in [0.717, 1.165) is 24.8 Å². The topological polar surface area (TPSA) is 95.0 Å². The molecule has 1 aromatic heterocycles. The second-order valence-electron chi connectivity index (χ2n) is 8.86. The highest BCUT2D eigenvalue weighted by atomic mass is 35.5. The predicted molar refractivity (Wildman–Crippen MR) is 119 cm³/mol. The van der Waals surface area contributed by atoms with E-state index in [9.17, 15) is 10.1 Å². The lowest BCUT2D eigenvalue weighted by molar-refractivity contribution is 0.0824. The molecule has 1 amide bonds. The second kappa shape index (κ2) is 7.38. The molecule has 162 valence electrons. The fourth-order valence-electron chi connectivity index (χ4n) is 5.02. The predicted octanol–water partition coefficient (Wildman–Crippen LogP) is 4.59. The molecule has 2 atom stereocenters. The van der Waals surface area contributed by atoms with Crippen molar-refractivity contribution in [2.24, 2.45) is 5.41 Å². The van der Waals surface area contributed by atoms with E-state index < -0.39 is 11.7 Å². The van der Waals surface area contributed by atoms with Crippen molar-refractivity contribution in [2.45, 2.75) is 38.0 Å². The highest BCUT2D eigenvalue weighted by molar-refractivity contribution is 6.34. The minimum Gasteiger partial charge on any atom is -0.398 e. The van der Waals surface area contributed by atoms with Crippen LogP contribution in [0.5, 0.6) is 0 Å². The summed E-state index contributed by atoms with van der Waals surface area (Å²) < 4.78 is 15.5. The molecule has 1 fully saturated rings. The Morgan fingerprint density at radius 1 is 1.39 bits per heavy atom. The smallest absolute Gasteiger partial charge is 0.258 e. The third-order valence-corrected chi connectivity index (χ3v) is 7.29. The first-order valence-corrected chi connectivity index (χ1v) is 10.7. The van der Waals surface area contributed by atoms with E-state index in [2.05, 4.69) is 16.4 Å². The Labute approximate surface area is 186 Å². The van der Waals surface area contributed by atoms with Crippen molar-refractivity contribution >= 4 is 29.0 Å². The Bertz CT molecular complexity index is 1130. The summed E-state index contributed by atoms with van der Waals surface area (Å²) in [5, 5.41) is 13.5. The summed E-state index contributed by atoms with van der Waals surface area (Å²) in [7, 11) is 3.09. The number of carbonyl (C=O) groups is 1. The van der Waals surface area contributed by atoms with E-state index in [1.807, 2.05) is 6.92 Å². The molecule has 2 heterocycles. The van der Waals surface area contributed by atoms with Crippen molar-refractivity contribution in [3.8, 4) is 17.2 Å². The lowest BCUT2D eigenvalue weighted by atomic mass is 9.75. The van der Waals surface area contributed by atoms with Gasteiger partial charge in [0.05, 0.1) is 22.1 Å². The van der Waals surface area contributed by atoms with Crippen molar-refractivity contribution in [1.29, 1.82) is 5.26 Å². The third kappa shape index (κ3) is 3.12. The van der Waals surface area contributed by atoms with Crippen molar-refractivity contribution < 1.29 is 9.18 Å². The third-order valence-electron chi connectivity index (χ3n) is 6.90. The zero-order valence-electron chi connectivity index (χ0n) is 17.9. The average molecular weight is 442 g/mol. The second-order valence-corrected chi connectivity index (χ2v) is 9.23. The molecule has 0 saturated heterocycles. The normalized spacial score (nSPS) is 24.0. The van der Waals surface area contributed by atoms with Crippen molar-refractivity contribution in [2.75, 3.05) is 31.7 Å². The van der Waals surface area contributed by atoms with Gasteiger partial charge in [0.15, 0.2) is 0 Å². The van der Waals surface area contributed by atoms with Crippen LogP contribution in [0.15, 0.2) is 18.3 Å². The van der Waals surface area contributed by atoms with Gasteiger partial charge in [-0.05, 0) is 37.8 Å². The molecule has 0 bridgehead atoms. The quantitative estimate of drug-likeness (QED) is 0.679. The molecular weight excluding hydrogens is 417 g/mol. The maximum atomic E-state index is 15.5. The molecule has 1 aliphatic heterocycles. The number of nitrogens with one attached hydrogen (secondary N) is 1. The van der Waals surface area contributed by atoms with Gasteiger partial charge in [0.25, 0.3) is 5.91 Å². The van der Waals surface area contributed by atoms with Crippen LogP contribution in [0.25, 0.3) is 11.1 Å². The standard InChI is InChI=1S/C23H25ClFN5O/c1-4-22(11-26)7-8-23(10-22)12-29-20-17(23)18(24)14(9-28-20)13-5-6-15(27)16(19(13)25)21(31)30(2)3/h5-6,9H,4,7-8,10,12,27H2,1-3H3,(H,28,29)/t22-,23+/m1/s1. The Morgan fingerprint density at radius 3 is 2.74 bits per heavy atom. The number of anilines is 2. The van der Waals surface area contributed by atoms with Gasteiger partial charge in [-0.2, -0.15) is 5.26 Å². The molecule has 4 rings (SSSR count). The van der Waals surface area contributed by atoms with E-state index in [1.54, 1.807) is 14.1 Å². The number of nitriles is 1. The molecule has 1 aromatic carbocycles. The van der Waals surface area contributed by atoms with E-state index in [4.69, 9.17) is 17.3 Å². The molecule has 2 aromatic rings. The van der Waals surface area contributed by atoms with Crippen molar-refractivity contribution in [3.05, 3.63) is 40.3 Å². The monoisotopic (exact) mass is 441 g/mol. The van der Waals surface area contributed by atoms with E-state index in [-0.39, 0.29) is 27.6 Å². The zero-order chi connectivity index (χ0) is 22.6. The first-order chi connectivity index (χ1) is 14.7. The van der Waals surface area contributed by atoms with Gasteiger partial charge in [0, 0.05) is 54.6 Å². The van der Waals surface area contributed by atoms with Crippen LogP contribution in [0, 0.1) is 22.6 Å². The number of nitrogen functional groups attached to an aromatic ring is 1. The Morgan fingerprint density at radius 2 is 2.13 bits per heavy atom. The minimum atomic E-state index is -0.714. The van der Waals surface area contributed by atoms with Crippen LogP contribution in [0.4, 0.5) is 15.9 Å². The number of halogens is 2. The van der Waals surface area contributed by atoms with Gasteiger partial charge in [-0.3, -0.25) is 4.79 Å². The summed E-state index contributed by atoms with van der Waals surface area (Å²) in [6.07, 6.45) is 4.59. The van der Waals surface area contributed by atoms with Crippen LogP contribution in [0.2, 0.25) is 5.02 Å². The molecule has 8 heteroatoms. The number of fused-ring (bicyclic) bond motifs is 2. The van der Waals surface area contributed by atoms with Crippen molar-refractivity contribution in [3.63, 3.8) is 0 Å². The minimum absolute atomic E-state index is 0.0703. The van der Waals surface area contributed by atoms with Gasteiger partial charge < -0.3 is 16.0 Å². The number of pyridine rings is 1. The Balaban J connectivity index is 1.86. The summed E-state index contributed by atoms with van der Waals surface area (Å²) in [5.41, 5.74) is 6.55. The number of hydrogen-bond acceptors (Lipinski definition) is 5. The molecule has 1 saturated carbocycles. The van der Waals surface area contributed by atoms with E-state index >= 15 is 4.39 Å². The van der Waals surface area contributed by atoms with E-state index in [0.29, 0.717) is 29.4 Å².